The van der Waals surface area contributed by atoms with Crippen LogP contribution in [-0.2, 0) is 0 Å². The summed E-state index contributed by atoms with van der Waals surface area (Å²) in [5.74, 6) is 2.33. The molecular formula is C37H33Cl4FN4O7. The predicted molar refractivity (Wildman–Crippen MR) is 200 cm³/mol. The van der Waals surface area contributed by atoms with E-state index in [9.17, 15) is 9.50 Å². The molecule has 278 valence electrons. The quantitative estimate of drug-likeness (QED) is 0.122. The van der Waals surface area contributed by atoms with E-state index in [4.69, 9.17) is 74.8 Å². The third-order valence-corrected chi connectivity index (χ3v) is 8.16. The molecule has 0 saturated heterocycles. The number of nitrogens with zero attached hydrogens (tertiary/aromatic N) is 4. The summed E-state index contributed by atoms with van der Waals surface area (Å²) in [7, 11) is 0. The minimum Gasteiger partial charge on any atom is -0.491 e. The summed E-state index contributed by atoms with van der Waals surface area (Å²) in [6.07, 6.45) is -0.932. The van der Waals surface area contributed by atoms with Crippen LogP contribution < -0.4 is 14.2 Å². The number of aliphatic hydroxyl groups is 2. The second-order valence-corrected chi connectivity index (χ2v) is 13.5. The summed E-state index contributed by atoms with van der Waals surface area (Å²) in [4.78, 5) is 8.67. The highest BCUT2D eigenvalue weighted by Crippen LogP contribution is 2.35. The first kappa shape index (κ1) is 39.8. The van der Waals surface area contributed by atoms with E-state index < -0.39 is 11.9 Å². The monoisotopic (exact) mass is 804 g/mol. The van der Waals surface area contributed by atoms with Crippen LogP contribution in [0.5, 0.6) is 17.2 Å². The lowest BCUT2D eigenvalue weighted by Gasteiger charge is -2.11. The Morgan fingerprint density at radius 2 is 1.15 bits per heavy atom. The molecule has 53 heavy (non-hydrogen) atoms. The lowest BCUT2D eigenvalue weighted by Crippen LogP contribution is -2.21. The van der Waals surface area contributed by atoms with E-state index in [1.165, 1.54) is 18.2 Å². The number of aliphatic hydroxyl groups excluding tert-OH is 2. The van der Waals surface area contributed by atoms with Crippen LogP contribution in [0, 0.1) is 5.82 Å². The van der Waals surface area contributed by atoms with Gasteiger partial charge in [-0.15, -0.1) is 0 Å². The van der Waals surface area contributed by atoms with Crippen LogP contribution in [0.15, 0.2) is 81.8 Å². The molecule has 0 amide bonds. The summed E-state index contributed by atoms with van der Waals surface area (Å²) < 4.78 is 40.3. The number of benzene rings is 4. The molecule has 0 aliphatic heterocycles. The predicted octanol–water partition coefficient (Wildman–Crippen LogP) is 9.87. The number of aromatic nitrogens is 4. The van der Waals surface area contributed by atoms with Gasteiger partial charge in [-0.1, -0.05) is 56.7 Å². The molecule has 6 rings (SSSR count). The van der Waals surface area contributed by atoms with Crippen LogP contribution in [0.2, 0.25) is 20.1 Å². The van der Waals surface area contributed by atoms with Gasteiger partial charge in [-0.25, -0.2) is 4.39 Å². The second kappa shape index (κ2) is 18.1. The van der Waals surface area contributed by atoms with Gasteiger partial charge in [-0.05, 0) is 100 Å². The summed E-state index contributed by atoms with van der Waals surface area (Å²) in [5, 5.41) is 27.5. The van der Waals surface area contributed by atoms with Crippen LogP contribution in [0.4, 0.5) is 4.39 Å². The van der Waals surface area contributed by atoms with Gasteiger partial charge in [0.1, 0.15) is 35.8 Å². The maximum atomic E-state index is 13.1. The first-order valence-corrected chi connectivity index (χ1v) is 17.6. The maximum absolute atomic E-state index is 13.1. The molecule has 2 N–H and O–H groups in total. The van der Waals surface area contributed by atoms with Crippen molar-refractivity contribution < 1.29 is 37.9 Å². The van der Waals surface area contributed by atoms with Crippen molar-refractivity contribution in [1.29, 1.82) is 0 Å². The van der Waals surface area contributed by atoms with Crippen molar-refractivity contribution in [3.63, 3.8) is 0 Å². The molecule has 0 aliphatic carbocycles. The zero-order chi connectivity index (χ0) is 38.2. The van der Waals surface area contributed by atoms with E-state index in [1.807, 2.05) is 27.7 Å². The van der Waals surface area contributed by atoms with Crippen molar-refractivity contribution in [2.45, 2.75) is 46.0 Å². The van der Waals surface area contributed by atoms with Gasteiger partial charge in [-0.2, -0.15) is 9.97 Å². The average molecular weight is 807 g/mol. The molecule has 11 nitrogen and oxygen atoms in total. The molecule has 0 fully saturated rings. The number of rotatable bonds is 12. The smallest absolute Gasteiger partial charge is 0.259 e. The van der Waals surface area contributed by atoms with E-state index in [-0.39, 0.29) is 42.2 Å². The van der Waals surface area contributed by atoms with E-state index in [1.54, 1.807) is 54.6 Å². The van der Waals surface area contributed by atoms with Crippen molar-refractivity contribution in [3.05, 3.63) is 98.7 Å². The zero-order valence-corrected chi connectivity index (χ0v) is 31.7. The highest BCUT2D eigenvalue weighted by molar-refractivity contribution is 6.34. The van der Waals surface area contributed by atoms with Crippen LogP contribution in [0.25, 0.3) is 45.7 Å². The first-order chi connectivity index (χ1) is 25.3. The number of hydrogen-bond acceptors (Lipinski definition) is 11. The number of hydrogen-bond donors (Lipinski definition) is 2. The molecule has 0 saturated carbocycles. The number of halogens is 5. The third-order valence-electron chi connectivity index (χ3n) is 6.94. The molecule has 16 heteroatoms. The lowest BCUT2D eigenvalue weighted by atomic mass is 10.2. The van der Waals surface area contributed by atoms with E-state index in [2.05, 4.69) is 20.3 Å². The Morgan fingerprint density at radius 3 is 1.58 bits per heavy atom. The maximum Gasteiger partial charge on any atom is 0.259 e. The molecule has 0 unspecified atom stereocenters. The third kappa shape index (κ3) is 10.6. The molecule has 0 spiro atoms. The SMILES string of the molecule is CC(C)Oc1ccc(-c2noc(-c3ccc(F)cc3Cl)n2)cc1Cl.CC(C)Oc1ccc(-c2noc(-c3ccc(OC[C@H](O)CO)cc3Cl)n2)cc1Cl. The summed E-state index contributed by atoms with van der Waals surface area (Å²) in [5.41, 5.74) is 2.34. The van der Waals surface area contributed by atoms with Gasteiger partial charge in [0.05, 0.1) is 50.0 Å². The highest BCUT2D eigenvalue weighted by Gasteiger charge is 2.18. The highest BCUT2D eigenvalue weighted by atomic mass is 35.5. The zero-order valence-electron chi connectivity index (χ0n) is 28.7. The van der Waals surface area contributed by atoms with Gasteiger partial charge < -0.3 is 33.5 Å². The van der Waals surface area contributed by atoms with Crippen molar-refractivity contribution in [2.24, 2.45) is 0 Å². The standard InChI is InChI=1S/C20H20Cl2N2O5.C17H13Cl2FN2O2/c1-11(2)28-18-6-3-12(7-17(18)22)19-23-20(29-24-19)15-5-4-14(8-16(15)21)27-10-13(26)9-25;1-9(2)23-15-6-3-10(7-14(15)19)16-21-17(24-22-16)12-5-4-11(20)8-13(12)18/h3-8,11,13,25-26H,9-10H2,1-2H3;3-9H,1-2H3/t13-;/m1./s1. The Kier molecular flexibility index (Phi) is 13.6. The normalized spacial score (nSPS) is 11.7. The first-order valence-electron chi connectivity index (χ1n) is 16.1. The van der Waals surface area contributed by atoms with Crippen molar-refractivity contribution >= 4 is 46.4 Å². The Morgan fingerprint density at radius 1 is 0.660 bits per heavy atom. The Bertz CT molecular complexity index is 2160. The van der Waals surface area contributed by atoms with Gasteiger partial charge >= 0.3 is 0 Å². The van der Waals surface area contributed by atoms with E-state index in [0.717, 1.165) is 0 Å². The minimum atomic E-state index is -0.962. The Balaban J connectivity index is 0.000000208. The topological polar surface area (TPSA) is 146 Å². The largest absolute Gasteiger partial charge is 0.491 e. The van der Waals surface area contributed by atoms with Gasteiger partial charge in [0.2, 0.25) is 11.6 Å². The van der Waals surface area contributed by atoms with Crippen LogP contribution in [-0.4, -0.2) is 62.0 Å². The second-order valence-electron chi connectivity index (χ2n) is 11.9. The van der Waals surface area contributed by atoms with Crippen molar-refractivity contribution in [3.8, 4) is 62.9 Å². The van der Waals surface area contributed by atoms with Gasteiger partial charge in [0.15, 0.2) is 0 Å². The van der Waals surface area contributed by atoms with Crippen molar-refractivity contribution in [1.82, 2.24) is 20.3 Å². The summed E-state index contributed by atoms with van der Waals surface area (Å²) in [6, 6.07) is 19.3. The average Bonchev–Trinajstić information content (AvgIpc) is 3.80. The van der Waals surface area contributed by atoms with Crippen molar-refractivity contribution in [2.75, 3.05) is 13.2 Å². The Labute approximate surface area is 324 Å². The molecule has 0 radical (unpaired) electrons. The molecule has 4 aromatic carbocycles. The molecule has 0 aliphatic rings. The molecule has 0 bridgehead atoms. The molecule has 6 aromatic rings. The van der Waals surface area contributed by atoms with Gasteiger partial charge in [0.25, 0.3) is 11.8 Å². The fourth-order valence-electron chi connectivity index (χ4n) is 4.55. The fraction of sp³-hybridized carbons (Fsp3) is 0.243. The lowest BCUT2D eigenvalue weighted by molar-refractivity contribution is 0.0536. The van der Waals surface area contributed by atoms with Crippen LogP contribution in [0.3, 0.4) is 0 Å². The summed E-state index contributed by atoms with van der Waals surface area (Å²) in [6.45, 7) is 7.25. The molecule has 1 atom stereocenters. The molecule has 2 aromatic heterocycles. The summed E-state index contributed by atoms with van der Waals surface area (Å²) >= 11 is 24.8. The van der Waals surface area contributed by atoms with Gasteiger partial charge in [-0.3, -0.25) is 0 Å². The van der Waals surface area contributed by atoms with Gasteiger partial charge in [0, 0.05) is 11.1 Å². The van der Waals surface area contributed by atoms with Crippen LogP contribution in [0.1, 0.15) is 27.7 Å². The van der Waals surface area contributed by atoms with E-state index in [0.29, 0.717) is 66.2 Å². The van der Waals surface area contributed by atoms with Crippen LogP contribution >= 0.6 is 46.4 Å². The Hall–Kier alpha value is -4.43. The molecular weight excluding hydrogens is 773 g/mol. The fourth-order valence-corrected chi connectivity index (χ4v) is 5.50. The number of ether oxygens (including phenoxy) is 3. The minimum absolute atomic E-state index is 0.0103. The molecule has 2 heterocycles. The van der Waals surface area contributed by atoms with E-state index >= 15 is 0 Å².